The summed E-state index contributed by atoms with van der Waals surface area (Å²) in [6.45, 7) is 6.48. The molecule has 2 heteroatoms. The van der Waals surface area contributed by atoms with Crippen molar-refractivity contribution in [3.8, 4) is 0 Å². The Kier molecular flexibility index (Phi) is 12.8. The van der Waals surface area contributed by atoms with E-state index in [-0.39, 0.29) is 5.92 Å². The minimum atomic E-state index is 0.0845. The number of rotatable bonds is 16. The normalized spacial score (nSPS) is 13.5. The van der Waals surface area contributed by atoms with Gasteiger partial charge in [0.25, 0.3) is 0 Å². The van der Waals surface area contributed by atoms with Crippen molar-refractivity contribution in [2.24, 2.45) is 5.92 Å². The first-order valence-electron chi connectivity index (χ1n) is 11.1. The number of aldehydes is 2. The average molecular weight is 373 g/mol. The second-order valence-electron chi connectivity index (χ2n) is 8.35. The predicted octanol–water partition coefficient (Wildman–Crippen LogP) is 7.22. The van der Waals surface area contributed by atoms with Crippen LogP contribution in [0.1, 0.15) is 114 Å². The highest BCUT2D eigenvalue weighted by molar-refractivity contribution is 5.55. The van der Waals surface area contributed by atoms with Crippen LogP contribution in [0.25, 0.3) is 0 Å². The topological polar surface area (TPSA) is 34.1 Å². The molecule has 152 valence electrons. The molecule has 0 spiro atoms. The van der Waals surface area contributed by atoms with Gasteiger partial charge in [0.05, 0.1) is 0 Å². The molecule has 0 bridgehead atoms. The first kappa shape index (κ1) is 23.6. The van der Waals surface area contributed by atoms with Gasteiger partial charge in [0.15, 0.2) is 0 Å². The Morgan fingerprint density at radius 1 is 0.704 bits per heavy atom. The molecule has 0 aliphatic carbocycles. The molecule has 0 fully saturated rings. The fraction of sp³-hybridized carbons (Fsp3) is 0.680. The van der Waals surface area contributed by atoms with Gasteiger partial charge in [0, 0.05) is 12.3 Å². The Hall–Kier alpha value is -1.44. The highest BCUT2D eigenvalue weighted by Crippen LogP contribution is 2.30. The molecule has 0 amide bonds. The first-order chi connectivity index (χ1) is 13.1. The quantitative estimate of drug-likeness (QED) is 0.227. The zero-order chi connectivity index (χ0) is 19.9. The fourth-order valence-corrected chi connectivity index (χ4v) is 3.79. The highest BCUT2D eigenvalue weighted by Gasteiger charge is 2.18. The van der Waals surface area contributed by atoms with Crippen LogP contribution in [0.4, 0.5) is 0 Å². The summed E-state index contributed by atoms with van der Waals surface area (Å²) in [6, 6.07) is 8.90. The molecule has 1 aromatic carbocycles. The smallest absolute Gasteiger partial charge is 0.123 e. The van der Waals surface area contributed by atoms with Gasteiger partial charge in [0.1, 0.15) is 12.6 Å². The standard InChI is InChI=1S/C25H40O2/c1-21(2)23-15-17-24(18-16-23)25(22(3)20-27)14-12-10-8-6-4-5-7-9-11-13-19-26/h15-22,25H,4-14H2,1-3H3. The van der Waals surface area contributed by atoms with Crippen molar-refractivity contribution in [3.63, 3.8) is 0 Å². The lowest BCUT2D eigenvalue weighted by atomic mass is 9.83. The molecule has 0 aliphatic heterocycles. The van der Waals surface area contributed by atoms with Crippen molar-refractivity contribution in [2.75, 3.05) is 0 Å². The van der Waals surface area contributed by atoms with Crippen LogP contribution in [-0.4, -0.2) is 12.6 Å². The third-order valence-corrected chi connectivity index (χ3v) is 5.72. The summed E-state index contributed by atoms with van der Waals surface area (Å²) in [5, 5.41) is 0. The van der Waals surface area contributed by atoms with E-state index in [1.54, 1.807) is 0 Å². The Labute approximate surface area is 167 Å². The molecule has 0 heterocycles. The second kappa shape index (κ2) is 14.6. The molecule has 0 aliphatic rings. The number of hydrogen-bond donors (Lipinski definition) is 0. The zero-order valence-electron chi connectivity index (χ0n) is 17.8. The van der Waals surface area contributed by atoms with E-state index >= 15 is 0 Å². The lowest BCUT2D eigenvalue weighted by Gasteiger charge is -2.21. The molecule has 1 aromatic rings. The molecular weight excluding hydrogens is 332 g/mol. The maximum absolute atomic E-state index is 11.4. The predicted molar refractivity (Wildman–Crippen MR) is 115 cm³/mol. The van der Waals surface area contributed by atoms with Crippen molar-refractivity contribution < 1.29 is 9.59 Å². The van der Waals surface area contributed by atoms with Gasteiger partial charge in [-0.15, -0.1) is 0 Å². The summed E-state index contributed by atoms with van der Waals surface area (Å²) in [5.74, 6) is 0.980. The largest absolute Gasteiger partial charge is 0.303 e. The van der Waals surface area contributed by atoms with Gasteiger partial charge in [-0.1, -0.05) is 96.4 Å². The van der Waals surface area contributed by atoms with Crippen LogP contribution in [0.2, 0.25) is 0 Å². The zero-order valence-corrected chi connectivity index (χ0v) is 17.8. The van der Waals surface area contributed by atoms with Crippen molar-refractivity contribution in [1.82, 2.24) is 0 Å². The van der Waals surface area contributed by atoms with E-state index in [1.807, 2.05) is 0 Å². The molecule has 0 aromatic heterocycles. The van der Waals surface area contributed by atoms with Gasteiger partial charge >= 0.3 is 0 Å². The molecule has 1 rings (SSSR count). The van der Waals surface area contributed by atoms with Crippen LogP contribution in [0.3, 0.4) is 0 Å². The number of hydrogen-bond acceptors (Lipinski definition) is 2. The van der Waals surface area contributed by atoms with E-state index in [0.717, 1.165) is 31.8 Å². The van der Waals surface area contributed by atoms with Crippen LogP contribution >= 0.6 is 0 Å². The van der Waals surface area contributed by atoms with E-state index in [2.05, 4.69) is 45.0 Å². The van der Waals surface area contributed by atoms with Crippen molar-refractivity contribution in [3.05, 3.63) is 35.4 Å². The van der Waals surface area contributed by atoms with E-state index < -0.39 is 0 Å². The van der Waals surface area contributed by atoms with E-state index in [0.29, 0.717) is 11.8 Å². The highest BCUT2D eigenvalue weighted by atomic mass is 16.1. The number of carbonyl (C=O) groups is 2. The second-order valence-corrected chi connectivity index (χ2v) is 8.35. The maximum atomic E-state index is 11.4. The fourth-order valence-electron chi connectivity index (χ4n) is 3.79. The minimum absolute atomic E-state index is 0.0845. The van der Waals surface area contributed by atoms with Gasteiger partial charge in [-0.3, -0.25) is 0 Å². The van der Waals surface area contributed by atoms with Crippen molar-refractivity contribution in [1.29, 1.82) is 0 Å². The summed E-state index contributed by atoms with van der Waals surface area (Å²) in [6.07, 6.45) is 15.2. The number of carbonyl (C=O) groups excluding carboxylic acids is 2. The molecule has 0 radical (unpaired) electrons. The lowest BCUT2D eigenvalue weighted by molar-refractivity contribution is -0.111. The number of benzene rings is 1. The Bertz CT molecular complexity index is 504. The van der Waals surface area contributed by atoms with Gasteiger partial charge in [-0.05, 0) is 35.8 Å². The van der Waals surface area contributed by atoms with Crippen LogP contribution in [0.15, 0.2) is 24.3 Å². The molecular formula is C25H40O2. The molecule has 27 heavy (non-hydrogen) atoms. The molecule has 0 N–H and O–H groups in total. The molecule has 0 saturated carbocycles. The lowest BCUT2D eigenvalue weighted by Crippen LogP contribution is -2.11. The Morgan fingerprint density at radius 3 is 1.67 bits per heavy atom. The minimum Gasteiger partial charge on any atom is -0.303 e. The first-order valence-corrected chi connectivity index (χ1v) is 11.1. The SMILES string of the molecule is CC(C)c1ccc(C(CCCCCCCCCCCC=O)C(C)C=O)cc1. The molecule has 0 saturated heterocycles. The van der Waals surface area contributed by atoms with Crippen LogP contribution < -0.4 is 0 Å². The third kappa shape index (κ3) is 9.89. The van der Waals surface area contributed by atoms with Gasteiger partial charge in [-0.2, -0.15) is 0 Å². The Balaban J connectivity index is 2.27. The van der Waals surface area contributed by atoms with Gasteiger partial charge in [0.2, 0.25) is 0 Å². The monoisotopic (exact) mass is 372 g/mol. The van der Waals surface area contributed by atoms with E-state index in [9.17, 15) is 9.59 Å². The summed E-state index contributed by atoms with van der Waals surface area (Å²) in [4.78, 5) is 21.6. The summed E-state index contributed by atoms with van der Waals surface area (Å²) in [7, 11) is 0. The van der Waals surface area contributed by atoms with Crippen LogP contribution in [-0.2, 0) is 9.59 Å². The van der Waals surface area contributed by atoms with Gasteiger partial charge < -0.3 is 9.59 Å². The van der Waals surface area contributed by atoms with Crippen LogP contribution in [0, 0.1) is 5.92 Å². The summed E-state index contributed by atoms with van der Waals surface area (Å²) in [5.41, 5.74) is 2.68. The van der Waals surface area contributed by atoms with Crippen molar-refractivity contribution >= 4 is 12.6 Å². The molecule has 2 atom stereocenters. The van der Waals surface area contributed by atoms with E-state index in [1.165, 1.54) is 62.5 Å². The number of unbranched alkanes of at least 4 members (excludes halogenated alkanes) is 9. The van der Waals surface area contributed by atoms with Crippen molar-refractivity contribution in [2.45, 2.75) is 103 Å². The third-order valence-electron chi connectivity index (χ3n) is 5.72. The summed E-state index contributed by atoms with van der Waals surface area (Å²) < 4.78 is 0. The maximum Gasteiger partial charge on any atom is 0.123 e. The average Bonchev–Trinajstić information content (AvgIpc) is 2.68. The Morgan fingerprint density at radius 2 is 1.19 bits per heavy atom. The summed E-state index contributed by atoms with van der Waals surface area (Å²) >= 11 is 0. The van der Waals surface area contributed by atoms with E-state index in [4.69, 9.17) is 0 Å². The van der Waals surface area contributed by atoms with Gasteiger partial charge in [-0.25, -0.2) is 0 Å². The molecule has 2 nitrogen and oxygen atoms in total. The van der Waals surface area contributed by atoms with Crippen LogP contribution in [0.5, 0.6) is 0 Å². The molecule has 2 unspecified atom stereocenters.